The van der Waals surface area contributed by atoms with Crippen LogP contribution in [0.25, 0.3) is 0 Å². The molecule has 0 bridgehead atoms. The lowest BCUT2D eigenvalue weighted by molar-refractivity contribution is -0.115. The third-order valence-electron chi connectivity index (χ3n) is 6.44. The van der Waals surface area contributed by atoms with Gasteiger partial charge in [0.2, 0.25) is 5.91 Å². The molecule has 4 rings (SSSR count). The van der Waals surface area contributed by atoms with Gasteiger partial charge in [-0.05, 0) is 42.7 Å². The van der Waals surface area contributed by atoms with Crippen molar-refractivity contribution in [2.24, 2.45) is 5.92 Å². The van der Waals surface area contributed by atoms with Crippen LogP contribution >= 0.6 is 11.3 Å². The first kappa shape index (κ1) is 25.9. The lowest BCUT2D eigenvalue weighted by Crippen LogP contribution is -2.29. The summed E-state index contributed by atoms with van der Waals surface area (Å²) in [4.78, 5) is 25.7. The Morgan fingerprint density at radius 3 is 2.53 bits per heavy atom. The third-order valence-corrected chi connectivity index (χ3v) is 9.16. The van der Waals surface area contributed by atoms with Crippen LogP contribution in [0.4, 0.5) is 5.13 Å². The van der Waals surface area contributed by atoms with Gasteiger partial charge in [-0.3, -0.25) is 14.7 Å². The van der Waals surface area contributed by atoms with Gasteiger partial charge in [-0.2, -0.15) is 5.26 Å². The molecular formula is C26H29N5O3S2. The number of nitrogens with one attached hydrogen (secondary N) is 1. The number of rotatable bonds is 8. The van der Waals surface area contributed by atoms with Crippen molar-refractivity contribution in [3.63, 3.8) is 0 Å². The Kier molecular flexibility index (Phi) is 7.54. The molecule has 1 N–H and O–H groups in total. The fourth-order valence-electron chi connectivity index (χ4n) is 4.48. The van der Waals surface area contributed by atoms with Crippen molar-refractivity contribution in [3.05, 3.63) is 70.0 Å². The number of nitriles is 1. The first-order chi connectivity index (χ1) is 17.1. The van der Waals surface area contributed by atoms with Gasteiger partial charge in [-0.1, -0.05) is 32.9 Å². The van der Waals surface area contributed by atoms with Crippen molar-refractivity contribution in [2.45, 2.75) is 57.6 Å². The highest BCUT2D eigenvalue weighted by molar-refractivity contribution is 7.91. The van der Waals surface area contributed by atoms with Crippen molar-refractivity contribution in [3.8, 4) is 6.07 Å². The molecule has 3 aromatic rings. The largest absolute Gasteiger partial charge is 0.302 e. The molecule has 8 nitrogen and oxygen atoms in total. The van der Waals surface area contributed by atoms with Gasteiger partial charge in [0.25, 0.3) is 0 Å². The maximum Gasteiger partial charge on any atom is 0.230 e. The van der Waals surface area contributed by atoms with E-state index in [9.17, 15) is 13.2 Å². The first-order valence-electron chi connectivity index (χ1n) is 11.9. The lowest BCUT2D eigenvalue weighted by Gasteiger charge is -2.32. The number of carbonyl (C=O) groups excluding carboxylic acids is 1. The highest BCUT2D eigenvalue weighted by atomic mass is 32.2. The molecule has 1 aliphatic rings. The molecule has 1 amide bonds. The number of thiazole rings is 1. The van der Waals surface area contributed by atoms with E-state index in [4.69, 9.17) is 10.2 Å². The van der Waals surface area contributed by atoms with Crippen LogP contribution in [0.15, 0.2) is 47.5 Å². The predicted octanol–water partition coefficient (Wildman–Crippen LogP) is 4.66. The van der Waals surface area contributed by atoms with Crippen LogP contribution in [-0.4, -0.2) is 34.9 Å². The highest BCUT2D eigenvalue weighted by Crippen LogP contribution is 2.46. The standard InChI is InChI=1S/C26H29N5O3S2/c1-5-36(33,34)20-9-6-18(7-10-20)12-23(32)29-26-30-24-22(35-26)15-31(25(24)16(2)3)17(4)21-11-8-19(13-27)14-28-21/h6-11,14,16-17,25H,5,12,15H2,1-4H3,(H,29,30,32)/t17-,25-/m0/s1. The van der Waals surface area contributed by atoms with Gasteiger partial charge in [-0.25, -0.2) is 13.4 Å². The van der Waals surface area contributed by atoms with Gasteiger partial charge in [0.05, 0.1) is 46.1 Å². The number of pyridine rings is 1. The minimum atomic E-state index is -3.26. The Morgan fingerprint density at radius 1 is 1.22 bits per heavy atom. The highest BCUT2D eigenvalue weighted by Gasteiger charge is 2.39. The summed E-state index contributed by atoms with van der Waals surface area (Å²) >= 11 is 1.49. The molecule has 0 fully saturated rings. The van der Waals surface area contributed by atoms with Crippen molar-refractivity contribution < 1.29 is 13.2 Å². The molecular weight excluding hydrogens is 494 g/mol. The van der Waals surface area contributed by atoms with Crippen LogP contribution in [0, 0.1) is 17.2 Å². The average molecular weight is 524 g/mol. The number of anilines is 1. The quantitative estimate of drug-likeness (QED) is 0.456. The number of sulfone groups is 1. The number of hydrogen-bond acceptors (Lipinski definition) is 8. The molecule has 1 aliphatic heterocycles. The Hall–Kier alpha value is -3.13. The van der Waals surface area contributed by atoms with Crippen LogP contribution in [0.1, 0.15) is 67.2 Å². The van der Waals surface area contributed by atoms with Gasteiger partial charge in [0, 0.05) is 17.6 Å². The summed E-state index contributed by atoms with van der Waals surface area (Å²) in [6.45, 7) is 8.75. The molecule has 10 heteroatoms. The van der Waals surface area contributed by atoms with Gasteiger partial charge < -0.3 is 5.32 Å². The Morgan fingerprint density at radius 2 is 1.94 bits per heavy atom. The van der Waals surface area contributed by atoms with Crippen LogP contribution in [0.5, 0.6) is 0 Å². The zero-order chi connectivity index (χ0) is 26.0. The van der Waals surface area contributed by atoms with Crippen LogP contribution < -0.4 is 5.32 Å². The number of benzene rings is 1. The predicted molar refractivity (Wildman–Crippen MR) is 139 cm³/mol. The third kappa shape index (κ3) is 5.33. The summed E-state index contributed by atoms with van der Waals surface area (Å²) in [6, 6.07) is 12.4. The maximum absolute atomic E-state index is 12.7. The molecule has 188 valence electrons. The van der Waals surface area contributed by atoms with E-state index < -0.39 is 9.84 Å². The van der Waals surface area contributed by atoms with E-state index in [-0.39, 0.29) is 35.1 Å². The molecule has 0 saturated heterocycles. The van der Waals surface area contributed by atoms with Crippen molar-refractivity contribution in [1.29, 1.82) is 5.26 Å². The summed E-state index contributed by atoms with van der Waals surface area (Å²) in [5, 5.41) is 12.5. The lowest BCUT2D eigenvalue weighted by atomic mass is 10.00. The van der Waals surface area contributed by atoms with E-state index in [1.807, 2.05) is 6.07 Å². The molecule has 3 heterocycles. The molecule has 0 saturated carbocycles. The number of amides is 1. The Labute approximate surface area is 215 Å². The molecule has 1 aromatic carbocycles. The van der Waals surface area contributed by atoms with Crippen molar-refractivity contribution in [2.75, 3.05) is 11.1 Å². The molecule has 2 aromatic heterocycles. The van der Waals surface area contributed by atoms with Gasteiger partial charge >= 0.3 is 0 Å². The summed E-state index contributed by atoms with van der Waals surface area (Å²) in [7, 11) is -3.26. The van der Waals surface area contributed by atoms with E-state index >= 15 is 0 Å². The molecule has 36 heavy (non-hydrogen) atoms. The van der Waals surface area contributed by atoms with E-state index in [1.165, 1.54) is 11.3 Å². The number of aromatic nitrogens is 2. The zero-order valence-electron chi connectivity index (χ0n) is 20.7. The van der Waals surface area contributed by atoms with E-state index in [0.29, 0.717) is 23.2 Å². The summed E-state index contributed by atoms with van der Waals surface area (Å²) in [5.41, 5.74) is 3.17. The van der Waals surface area contributed by atoms with Gasteiger partial charge in [-0.15, -0.1) is 11.3 Å². The van der Waals surface area contributed by atoms with Gasteiger partial charge in [0.1, 0.15) is 6.07 Å². The second kappa shape index (κ2) is 10.5. The van der Waals surface area contributed by atoms with E-state index in [2.05, 4.69) is 42.0 Å². The smallest absolute Gasteiger partial charge is 0.230 e. The number of carbonyl (C=O) groups is 1. The van der Waals surface area contributed by atoms with Crippen LogP contribution in [0.3, 0.4) is 0 Å². The van der Waals surface area contributed by atoms with E-state index in [1.54, 1.807) is 43.5 Å². The molecule has 2 atom stereocenters. The second-order valence-electron chi connectivity index (χ2n) is 9.22. The maximum atomic E-state index is 12.7. The molecule has 0 radical (unpaired) electrons. The minimum absolute atomic E-state index is 0.0408. The summed E-state index contributed by atoms with van der Waals surface area (Å²) in [5.74, 6) is 0.149. The second-order valence-corrected chi connectivity index (χ2v) is 12.6. The Bertz CT molecular complexity index is 1390. The van der Waals surface area contributed by atoms with Crippen molar-refractivity contribution >= 4 is 32.2 Å². The number of hydrogen-bond donors (Lipinski definition) is 1. The number of fused-ring (bicyclic) bond motifs is 1. The van der Waals surface area contributed by atoms with Crippen LogP contribution in [-0.2, 0) is 27.6 Å². The Balaban J connectivity index is 1.45. The van der Waals surface area contributed by atoms with Crippen molar-refractivity contribution in [1.82, 2.24) is 14.9 Å². The topological polar surface area (TPSA) is 116 Å². The monoisotopic (exact) mass is 523 g/mol. The van der Waals surface area contributed by atoms with E-state index in [0.717, 1.165) is 21.8 Å². The summed E-state index contributed by atoms with van der Waals surface area (Å²) < 4.78 is 24.0. The summed E-state index contributed by atoms with van der Waals surface area (Å²) in [6.07, 6.45) is 1.74. The SMILES string of the molecule is CCS(=O)(=O)c1ccc(CC(=O)Nc2nc3c(s2)CN([C@@H](C)c2ccc(C#N)cn2)[C@H]3C(C)C)cc1. The minimum Gasteiger partial charge on any atom is -0.302 e. The fraction of sp³-hybridized carbons (Fsp3) is 0.385. The molecule has 0 unspecified atom stereocenters. The molecule has 0 aliphatic carbocycles. The van der Waals surface area contributed by atoms with Crippen LogP contribution in [0.2, 0.25) is 0 Å². The first-order valence-corrected chi connectivity index (χ1v) is 14.3. The number of nitrogens with zero attached hydrogens (tertiary/aromatic N) is 4. The zero-order valence-corrected chi connectivity index (χ0v) is 22.4. The fourth-order valence-corrected chi connectivity index (χ4v) is 6.39. The van der Waals surface area contributed by atoms with Gasteiger partial charge in [0.15, 0.2) is 15.0 Å². The normalized spacial score (nSPS) is 16.5. The average Bonchev–Trinajstić information content (AvgIpc) is 3.41. The molecule has 0 spiro atoms.